The molecule has 4 heteroatoms. The van der Waals surface area contributed by atoms with E-state index >= 15 is 0 Å². The van der Waals surface area contributed by atoms with Gasteiger partial charge in [0, 0.05) is 12.3 Å². The van der Waals surface area contributed by atoms with E-state index in [-0.39, 0.29) is 0 Å². The van der Waals surface area contributed by atoms with E-state index in [0.717, 1.165) is 35.2 Å². The molecule has 0 fully saturated rings. The van der Waals surface area contributed by atoms with Crippen LogP contribution in [0.2, 0.25) is 0 Å². The van der Waals surface area contributed by atoms with E-state index < -0.39 is 0 Å². The molecule has 1 heterocycles. The summed E-state index contributed by atoms with van der Waals surface area (Å²) in [5.41, 5.74) is 1.80. The minimum Gasteiger partial charge on any atom is -0.431 e. The third kappa shape index (κ3) is 3.00. The number of nitrogens with zero attached hydrogens (tertiary/aromatic N) is 1. The van der Waals surface area contributed by atoms with Crippen molar-refractivity contribution >= 4 is 22.9 Å². The van der Waals surface area contributed by atoms with Crippen molar-refractivity contribution in [3.8, 4) is 0 Å². The first kappa shape index (κ1) is 11.5. The molecule has 1 aromatic heterocycles. The van der Waals surface area contributed by atoms with Gasteiger partial charge in [0.15, 0.2) is 5.58 Å². The summed E-state index contributed by atoms with van der Waals surface area (Å²) in [6, 6.07) is 7.85. The number of fused-ring (bicyclic) bond motifs is 1. The summed E-state index contributed by atoms with van der Waals surface area (Å²) in [5.74, 6) is 0.993. The number of nitrogens with one attached hydrogen (secondary N) is 1. The molecule has 0 aliphatic carbocycles. The first-order valence-corrected chi connectivity index (χ1v) is 6.58. The van der Waals surface area contributed by atoms with Gasteiger partial charge in [-0.1, -0.05) is 30.8 Å². The third-order valence-electron chi connectivity index (χ3n) is 2.21. The molecule has 2 aromatic rings. The van der Waals surface area contributed by atoms with Gasteiger partial charge in [0.05, 0.1) is 0 Å². The number of thioether (sulfide) groups is 1. The fourth-order valence-electron chi connectivity index (χ4n) is 1.43. The maximum atomic E-state index is 5.60. The summed E-state index contributed by atoms with van der Waals surface area (Å²) in [6.45, 7) is 4.24. The number of aromatic nitrogens is 1. The quantitative estimate of drug-likeness (QED) is 0.618. The number of hydrogen-bond acceptors (Lipinski definition) is 4. The molecule has 0 aliphatic heterocycles. The predicted octanol–water partition coefficient (Wildman–Crippen LogP) is 2.92. The predicted molar refractivity (Wildman–Crippen MR) is 67.9 cm³/mol. The summed E-state index contributed by atoms with van der Waals surface area (Å²) in [5, 5.41) is 4.11. The van der Waals surface area contributed by atoms with Crippen molar-refractivity contribution < 1.29 is 4.42 Å². The van der Waals surface area contributed by atoms with Crippen LogP contribution in [0.4, 0.5) is 0 Å². The molecule has 3 nitrogen and oxygen atoms in total. The molecule has 86 valence electrons. The Morgan fingerprint density at radius 3 is 3.00 bits per heavy atom. The maximum absolute atomic E-state index is 5.60. The highest BCUT2D eigenvalue weighted by atomic mass is 32.2. The van der Waals surface area contributed by atoms with Crippen LogP contribution in [0.3, 0.4) is 0 Å². The fraction of sp³-hybridized carbons (Fsp3) is 0.417. The van der Waals surface area contributed by atoms with Crippen LogP contribution in [-0.2, 0) is 0 Å². The number of rotatable bonds is 6. The largest absolute Gasteiger partial charge is 0.431 e. The molecule has 0 radical (unpaired) electrons. The SMILES string of the molecule is CCCNCCSc1nc2ccccc2o1. The average molecular weight is 236 g/mol. The Balaban J connectivity index is 1.85. The first-order chi connectivity index (χ1) is 7.90. The molecule has 2 rings (SSSR count). The molecule has 0 bridgehead atoms. The Hall–Kier alpha value is -1.00. The van der Waals surface area contributed by atoms with Gasteiger partial charge < -0.3 is 9.73 Å². The Morgan fingerprint density at radius 1 is 1.31 bits per heavy atom. The summed E-state index contributed by atoms with van der Waals surface area (Å²) in [7, 11) is 0. The number of oxazole rings is 1. The zero-order chi connectivity index (χ0) is 11.2. The van der Waals surface area contributed by atoms with Gasteiger partial charge in [-0.2, -0.15) is 0 Å². The molecule has 0 amide bonds. The minimum atomic E-state index is 0.763. The van der Waals surface area contributed by atoms with Gasteiger partial charge in [0.1, 0.15) is 5.52 Å². The van der Waals surface area contributed by atoms with Crippen LogP contribution in [0.15, 0.2) is 33.9 Å². The van der Waals surface area contributed by atoms with Crippen molar-refractivity contribution in [2.75, 3.05) is 18.8 Å². The Morgan fingerprint density at radius 2 is 2.19 bits per heavy atom. The second-order valence-electron chi connectivity index (χ2n) is 3.55. The maximum Gasteiger partial charge on any atom is 0.256 e. The first-order valence-electron chi connectivity index (χ1n) is 5.59. The molecule has 0 saturated heterocycles. The van der Waals surface area contributed by atoms with Gasteiger partial charge in [0.2, 0.25) is 0 Å². The number of benzene rings is 1. The summed E-state index contributed by atoms with van der Waals surface area (Å²) in [4.78, 5) is 4.40. The molecule has 0 saturated carbocycles. The Labute approximate surface area is 99.6 Å². The lowest BCUT2D eigenvalue weighted by atomic mass is 10.3. The molecule has 0 spiro atoms. The Bertz CT molecular complexity index is 408. The average Bonchev–Trinajstić information content (AvgIpc) is 2.71. The van der Waals surface area contributed by atoms with Gasteiger partial charge in [0.25, 0.3) is 5.22 Å². The van der Waals surface area contributed by atoms with Crippen LogP contribution < -0.4 is 5.32 Å². The third-order valence-corrected chi connectivity index (χ3v) is 3.04. The van der Waals surface area contributed by atoms with E-state index in [2.05, 4.69) is 17.2 Å². The molecule has 1 N–H and O–H groups in total. The fourth-order valence-corrected chi connectivity index (χ4v) is 2.16. The second-order valence-corrected chi connectivity index (χ2v) is 4.59. The normalized spacial score (nSPS) is 11.1. The summed E-state index contributed by atoms with van der Waals surface area (Å²) in [6.07, 6.45) is 1.17. The van der Waals surface area contributed by atoms with Crippen LogP contribution in [0.5, 0.6) is 0 Å². The van der Waals surface area contributed by atoms with Crippen LogP contribution in [0.1, 0.15) is 13.3 Å². The summed E-state index contributed by atoms with van der Waals surface area (Å²) < 4.78 is 5.60. The van der Waals surface area contributed by atoms with Crippen LogP contribution in [0, 0.1) is 0 Å². The molecule has 16 heavy (non-hydrogen) atoms. The smallest absolute Gasteiger partial charge is 0.256 e. The van der Waals surface area contributed by atoms with E-state index in [1.165, 1.54) is 6.42 Å². The monoisotopic (exact) mass is 236 g/mol. The molecule has 1 aromatic carbocycles. The van der Waals surface area contributed by atoms with E-state index in [1.54, 1.807) is 11.8 Å². The van der Waals surface area contributed by atoms with Crippen LogP contribution in [0.25, 0.3) is 11.1 Å². The lowest BCUT2D eigenvalue weighted by molar-refractivity contribution is 0.489. The van der Waals surface area contributed by atoms with Crippen LogP contribution >= 0.6 is 11.8 Å². The lowest BCUT2D eigenvalue weighted by Gasteiger charge is -1.99. The topological polar surface area (TPSA) is 38.1 Å². The van der Waals surface area contributed by atoms with Crippen molar-refractivity contribution in [3.05, 3.63) is 24.3 Å². The van der Waals surface area contributed by atoms with E-state index in [0.29, 0.717) is 0 Å². The van der Waals surface area contributed by atoms with E-state index in [9.17, 15) is 0 Å². The molecule has 0 unspecified atom stereocenters. The zero-order valence-electron chi connectivity index (χ0n) is 9.40. The van der Waals surface area contributed by atoms with Crippen molar-refractivity contribution in [1.82, 2.24) is 10.3 Å². The molecular weight excluding hydrogens is 220 g/mol. The highest BCUT2D eigenvalue weighted by molar-refractivity contribution is 7.99. The second kappa shape index (κ2) is 5.92. The van der Waals surface area contributed by atoms with Gasteiger partial charge in [-0.25, -0.2) is 4.98 Å². The molecule has 0 atom stereocenters. The Kier molecular flexibility index (Phi) is 4.25. The van der Waals surface area contributed by atoms with Gasteiger partial charge in [-0.3, -0.25) is 0 Å². The highest BCUT2D eigenvalue weighted by Gasteiger charge is 2.04. The van der Waals surface area contributed by atoms with Crippen molar-refractivity contribution in [2.45, 2.75) is 18.6 Å². The highest BCUT2D eigenvalue weighted by Crippen LogP contribution is 2.22. The van der Waals surface area contributed by atoms with Crippen molar-refractivity contribution in [3.63, 3.8) is 0 Å². The van der Waals surface area contributed by atoms with Gasteiger partial charge >= 0.3 is 0 Å². The number of para-hydroxylation sites is 2. The standard InChI is InChI=1S/C12H16N2OS/c1-2-7-13-8-9-16-12-14-10-5-3-4-6-11(10)15-12/h3-6,13H,2,7-9H2,1H3. The van der Waals surface area contributed by atoms with E-state index in [4.69, 9.17) is 4.42 Å². The number of hydrogen-bond donors (Lipinski definition) is 1. The van der Waals surface area contributed by atoms with Gasteiger partial charge in [-0.05, 0) is 25.1 Å². The zero-order valence-corrected chi connectivity index (χ0v) is 10.2. The summed E-state index contributed by atoms with van der Waals surface area (Å²) >= 11 is 1.66. The van der Waals surface area contributed by atoms with Crippen molar-refractivity contribution in [1.29, 1.82) is 0 Å². The van der Waals surface area contributed by atoms with Gasteiger partial charge in [-0.15, -0.1) is 0 Å². The lowest BCUT2D eigenvalue weighted by Crippen LogP contribution is -2.17. The van der Waals surface area contributed by atoms with Crippen LogP contribution in [-0.4, -0.2) is 23.8 Å². The van der Waals surface area contributed by atoms with E-state index in [1.807, 2.05) is 24.3 Å². The van der Waals surface area contributed by atoms with Crippen molar-refractivity contribution in [2.24, 2.45) is 0 Å². The minimum absolute atomic E-state index is 0.763. The molecular formula is C12H16N2OS. The molecule has 0 aliphatic rings.